The van der Waals surface area contributed by atoms with Crippen molar-refractivity contribution in [2.75, 3.05) is 13.7 Å². The Balaban J connectivity index is 1.81. The Labute approximate surface area is 155 Å². The van der Waals surface area contributed by atoms with Gasteiger partial charge in [0.05, 0.1) is 13.2 Å². The maximum absolute atomic E-state index is 12.1. The van der Waals surface area contributed by atoms with Crippen molar-refractivity contribution < 1.29 is 27.4 Å². The molecule has 0 bridgehead atoms. The third kappa shape index (κ3) is 7.08. The number of carbonyl (C=O) groups excluding carboxylic acids is 1. The summed E-state index contributed by atoms with van der Waals surface area (Å²) in [4.78, 5) is 12.0. The fourth-order valence-electron chi connectivity index (χ4n) is 2.27. The molecular formula is C19H21F3N2O3. The zero-order valence-corrected chi connectivity index (χ0v) is 15.0. The van der Waals surface area contributed by atoms with Gasteiger partial charge in [-0.05, 0) is 42.3 Å². The number of amides is 2. The van der Waals surface area contributed by atoms with Gasteiger partial charge in [0.1, 0.15) is 11.5 Å². The zero-order valence-electron chi connectivity index (χ0n) is 15.0. The fraction of sp³-hybridized carbons (Fsp3) is 0.316. The Bertz CT molecular complexity index is 731. The van der Waals surface area contributed by atoms with Gasteiger partial charge >= 0.3 is 12.2 Å². The standard InChI is InChI=1S/C19H21F3N2O3/c1-13(15-5-9-17(10-6-15)27-12-19(20,21)22)24-18(25)23-11-14-3-7-16(26-2)8-4-14/h3-10,13H,11-12H2,1-2H3,(H2,23,24,25). The molecule has 8 heteroatoms. The van der Waals surface area contributed by atoms with Gasteiger partial charge in [0.2, 0.25) is 0 Å². The average molecular weight is 382 g/mol. The summed E-state index contributed by atoms with van der Waals surface area (Å²) in [5, 5.41) is 5.51. The second-order valence-electron chi connectivity index (χ2n) is 5.87. The number of urea groups is 1. The second-order valence-corrected chi connectivity index (χ2v) is 5.87. The van der Waals surface area contributed by atoms with E-state index in [2.05, 4.69) is 15.4 Å². The van der Waals surface area contributed by atoms with Gasteiger partial charge in [0.25, 0.3) is 0 Å². The van der Waals surface area contributed by atoms with Crippen LogP contribution >= 0.6 is 0 Å². The highest BCUT2D eigenvalue weighted by Gasteiger charge is 2.28. The van der Waals surface area contributed by atoms with Gasteiger partial charge in [-0.15, -0.1) is 0 Å². The molecule has 27 heavy (non-hydrogen) atoms. The number of rotatable bonds is 7. The minimum atomic E-state index is -4.38. The predicted octanol–water partition coefficient (Wildman–Crippen LogP) is 4.20. The quantitative estimate of drug-likeness (QED) is 0.755. The van der Waals surface area contributed by atoms with Crippen LogP contribution in [0.15, 0.2) is 48.5 Å². The summed E-state index contributed by atoms with van der Waals surface area (Å²) in [7, 11) is 1.58. The highest BCUT2D eigenvalue weighted by molar-refractivity contribution is 5.74. The monoisotopic (exact) mass is 382 g/mol. The van der Waals surface area contributed by atoms with E-state index in [1.54, 1.807) is 38.3 Å². The molecule has 2 aromatic carbocycles. The first-order valence-electron chi connectivity index (χ1n) is 8.23. The Kier molecular flexibility index (Phi) is 6.92. The minimum absolute atomic E-state index is 0.118. The maximum atomic E-state index is 12.1. The second kappa shape index (κ2) is 9.16. The zero-order chi connectivity index (χ0) is 19.9. The molecule has 0 aromatic heterocycles. The third-order valence-corrected chi connectivity index (χ3v) is 3.74. The number of methoxy groups -OCH3 is 1. The van der Waals surface area contributed by atoms with E-state index in [9.17, 15) is 18.0 Å². The van der Waals surface area contributed by atoms with Crippen molar-refractivity contribution in [3.05, 3.63) is 59.7 Å². The van der Waals surface area contributed by atoms with E-state index in [0.29, 0.717) is 6.54 Å². The number of ether oxygens (including phenoxy) is 2. The molecular weight excluding hydrogens is 361 g/mol. The number of alkyl halides is 3. The smallest absolute Gasteiger partial charge is 0.422 e. The molecule has 2 amide bonds. The molecule has 1 atom stereocenters. The summed E-state index contributed by atoms with van der Waals surface area (Å²) < 4.78 is 46.1. The maximum Gasteiger partial charge on any atom is 0.422 e. The first-order chi connectivity index (χ1) is 12.8. The molecule has 0 aliphatic carbocycles. The minimum Gasteiger partial charge on any atom is -0.497 e. The molecule has 0 spiro atoms. The normalized spacial score (nSPS) is 12.2. The third-order valence-electron chi connectivity index (χ3n) is 3.74. The van der Waals surface area contributed by atoms with Gasteiger partial charge in [0.15, 0.2) is 6.61 Å². The molecule has 0 radical (unpaired) electrons. The molecule has 5 nitrogen and oxygen atoms in total. The molecule has 2 rings (SSSR count). The van der Waals surface area contributed by atoms with Gasteiger partial charge in [-0.25, -0.2) is 4.79 Å². The molecule has 0 saturated carbocycles. The molecule has 0 heterocycles. The van der Waals surface area contributed by atoms with Crippen LogP contribution in [0.3, 0.4) is 0 Å². The molecule has 1 unspecified atom stereocenters. The van der Waals surface area contributed by atoms with Crippen molar-refractivity contribution in [1.29, 1.82) is 0 Å². The Morgan fingerprint density at radius 2 is 1.63 bits per heavy atom. The largest absolute Gasteiger partial charge is 0.497 e. The number of nitrogens with one attached hydrogen (secondary N) is 2. The van der Waals surface area contributed by atoms with E-state index < -0.39 is 12.8 Å². The van der Waals surface area contributed by atoms with Crippen LogP contribution in [0.1, 0.15) is 24.1 Å². The molecule has 2 N–H and O–H groups in total. The molecule has 146 valence electrons. The lowest BCUT2D eigenvalue weighted by atomic mass is 10.1. The van der Waals surface area contributed by atoms with E-state index in [1.807, 2.05) is 12.1 Å². The molecule has 0 saturated heterocycles. The summed E-state index contributed by atoms with van der Waals surface area (Å²) in [5.74, 6) is 0.853. The van der Waals surface area contributed by atoms with Crippen molar-refractivity contribution >= 4 is 6.03 Å². The summed E-state index contributed by atoms with van der Waals surface area (Å²) in [5.41, 5.74) is 1.67. The molecule has 2 aromatic rings. The Hall–Kier alpha value is -2.90. The average Bonchev–Trinajstić information content (AvgIpc) is 2.65. The summed E-state index contributed by atoms with van der Waals surface area (Å²) in [6.45, 7) is 0.791. The summed E-state index contributed by atoms with van der Waals surface area (Å²) in [6.07, 6.45) is -4.38. The first kappa shape index (κ1) is 20.4. The number of hydrogen-bond donors (Lipinski definition) is 2. The summed E-state index contributed by atoms with van der Waals surface area (Å²) >= 11 is 0. The van der Waals surface area contributed by atoms with Crippen LogP contribution in [0, 0.1) is 0 Å². The van der Waals surface area contributed by atoms with Crippen LogP contribution in [-0.4, -0.2) is 25.9 Å². The topological polar surface area (TPSA) is 59.6 Å². The highest BCUT2D eigenvalue weighted by Crippen LogP contribution is 2.21. The highest BCUT2D eigenvalue weighted by atomic mass is 19.4. The van der Waals surface area contributed by atoms with E-state index >= 15 is 0 Å². The fourth-order valence-corrected chi connectivity index (χ4v) is 2.27. The van der Waals surface area contributed by atoms with Crippen LogP contribution in [0.5, 0.6) is 11.5 Å². The molecule has 0 aliphatic rings. The van der Waals surface area contributed by atoms with Gasteiger partial charge in [-0.2, -0.15) is 13.2 Å². The van der Waals surface area contributed by atoms with Gasteiger partial charge in [-0.1, -0.05) is 24.3 Å². The first-order valence-corrected chi connectivity index (χ1v) is 8.23. The summed E-state index contributed by atoms with van der Waals surface area (Å²) in [6, 6.07) is 12.7. The van der Waals surface area contributed by atoms with Crippen LogP contribution < -0.4 is 20.1 Å². The Morgan fingerprint density at radius 1 is 1.04 bits per heavy atom. The van der Waals surface area contributed by atoms with E-state index in [0.717, 1.165) is 16.9 Å². The number of carbonyl (C=O) groups is 1. The lowest BCUT2D eigenvalue weighted by Gasteiger charge is -2.16. The van der Waals surface area contributed by atoms with E-state index in [-0.39, 0.29) is 17.8 Å². The lowest BCUT2D eigenvalue weighted by molar-refractivity contribution is -0.153. The van der Waals surface area contributed by atoms with Gasteiger partial charge < -0.3 is 20.1 Å². The lowest BCUT2D eigenvalue weighted by Crippen LogP contribution is -2.36. The number of halogens is 3. The van der Waals surface area contributed by atoms with Crippen LogP contribution in [0.25, 0.3) is 0 Å². The van der Waals surface area contributed by atoms with Crippen molar-refractivity contribution in [1.82, 2.24) is 10.6 Å². The Morgan fingerprint density at radius 3 is 2.19 bits per heavy atom. The molecule has 0 fully saturated rings. The number of hydrogen-bond acceptors (Lipinski definition) is 3. The van der Waals surface area contributed by atoms with Crippen molar-refractivity contribution in [2.45, 2.75) is 25.7 Å². The van der Waals surface area contributed by atoms with Crippen molar-refractivity contribution in [3.63, 3.8) is 0 Å². The van der Waals surface area contributed by atoms with Crippen LogP contribution in [-0.2, 0) is 6.54 Å². The predicted molar refractivity (Wildman–Crippen MR) is 94.8 cm³/mol. The van der Waals surface area contributed by atoms with Crippen LogP contribution in [0.4, 0.5) is 18.0 Å². The SMILES string of the molecule is COc1ccc(CNC(=O)NC(C)c2ccc(OCC(F)(F)F)cc2)cc1. The van der Waals surface area contributed by atoms with Gasteiger partial charge in [-0.3, -0.25) is 0 Å². The van der Waals surface area contributed by atoms with Crippen molar-refractivity contribution in [2.24, 2.45) is 0 Å². The molecule has 0 aliphatic heterocycles. The van der Waals surface area contributed by atoms with Gasteiger partial charge in [0, 0.05) is 6.54 Å². The van der Waals surface area contributed by atoms with Crippen molar-refractivity contribution in [3.8, 4) is 11.5 Å². The number of benzene rings is 2. The van der Waals surface area contributed by atoms with Crippen LogP contribution in [0.2, 0.25) is 0 Å². The van der Waals surface area contributed by atoms with E-state index in [1.165, 1.54) is 12.1 Å². The van der Waals surface area contributed by atoms with E-state index in [4.69, 9.17) is 4.74 Å².